The fourth-order valence-electron chi connectivity index (χ4n) is 2.83. The zero-order valence-electron chi connectivity index (χ0n) is 15.7. The maximum Gasteiger partial charge on any atom is 0.230 e. The fourth-order valence-corrected chi connectivity index (χ4v) is 2.83. The number of hydrogen-bond donors (Lipinski definition) is 1. The van der Waals surface area contributed by atoms with Crippen LogP contribution in [-0.4, -0.2) is 51.3 Å². The van der Waals surface area contributed by atoms with Gasteiger partial charge in [0.1, 0.15) is 23.9 Å². The number of methoxy groups -OCH3 is 1. The summed E-state index contributed by atoms with van der Waals surface area (Å²) in [6.07, 6.45) is 7.03. The van der Waals surface area contributed by atoms with E-state index in [1.165, 1.54) is 0 Å². The average molecular weight is 367 g/mol. The van der Waals surface area contributed by atoms with E-state index in [0.29, 0.717) is 29.9 Å². The van der Waals surface area contributed by atoms with Crippen LogP contribution < -0.4 is 19.7 Å². The molecule has 140 valence electrons. The Labute approximate surface area is 157 Å². The summed E-state index contributed by atoms with van der Waals surface area (Å²) in [7, 11) is 3.61. The minimum atomic E-state index is 0.247. The minimum Gasteiger partial charge on any atom is -0.494 e. The summed E-state index contributed by atoms with van der Waals surface area (Å²) in [6, 6.07) is 2.05. The first-order chi connectivity index (χ1) is 13.0. The molecule has 4 heterocycles. The minimum absolute atomic E-state index is 0.247. The van der Waals surface area contributed by atoms with Gasteiger partial charge in [0.15, 0.2) is 11.6 Å². The molecule has 1 aliphatic rings. The predicted octanol–water partition coefficient (Wildman–Crippen LogP) is 2.34. The van der Waals surface area contributed by atoms with Crippen molar-refractivity contribution in [2.75, 3.05) is 31.0 Å². The van der Waals surface area contributed by atoms with Gasteiger partial charge in [0.25, 0.3) is 0 Å². The lowest BCUT2D eigenvalue weighted by atomic mass is 10.2. The Morgan fingerprint density at radius 1 is 1.26 bits per heavy atom. The normalized spacial score (nSPS) is 15.9. The van der Waals surface area contributed by atoms with E-state index in [9.17, 15) is 0 Å². The molecule has 0 radical (unpaired) electrons. The van der Waals surface area contributed by atoms with Crippen molar-refractivity contribution in [1.29, 1.82) is 0 Å². The molecule has 0 saturated carbocycles. The fraction of sp³-hybridized carbons (Fsp3) is 0.333. The van der Waals surface area contributed by atoms with Crippen molar-refractivity contribution in [1.82, 2.24) is 24.5 Å². The molecule has 0 amide bonds. The highest BCUT2D eigenvalue weighted by Crippen LogP contribution is 2.32. The molecular weight excluding hydrogens is 346 g/mol. The quantitative estimate of drug-likeness (QED) is 0.751. The molecule has 1 N–H and O–H groups in total. The Bertz CT molecular complexity index is 972. The predicted molar refractivity (Wildman–Crippen MR) is 101 cm³/mol. The molecule has 0 saturated heterocycles. The van der Waals surface area contributed by atoms with Crippen molar-refractivity contribution in [3.05, 3.63) is 36.7 Å². The first kappa shape index (κ1) is 17.1. The molecule has 1 unspecified atom stereocenters. The van der Waals surface area contributed by atoms with E-state index in [1.807, 2.05) is 24.7 Å². The molecule has 1 aliphatic heterocycles. The summed E-state index contributed by atoms with van der Waals surface area (Å²) >= 11 is 0. The average Bonchev–Trinajstić information content (AvgIpc) is 3.11. The number of fused-ring (bicyclic) bond motifs is 1. The van der Waals surface area contributed by atoms with E-state index in [-0.39, 0.29) is 6.04 Å². The lowest BCUT2D eigenvalue weighted by molar-refractivity contribution is 0.271. The molecule has 0 aromatic carbocycles. The Balaban J connectivity index is 1.62. The van der Waals surface area contributed by atoms with Gasteiger partial charge in [-0.2, -0.15) is 4.98 Å². The maximum absolute atomic E-state index is 5.68. The second kappa shape index (κ2) is 6.75. The number of aromatic nitrogens is 5. The van der Waals surface area contributed by atoms with Gasteiger partial charge < -0.3 is 24.3 Å². The summed E-state index contributed by atoms with van der Waals surface area (Å²) in [5.74, 6) is 3.12. The van der Waals surface area contributed by atoms with E-state index in [2.05, 4.69) is 37.1 Å². The van der Waals surface area contributed by atoms with Crippen molar-refractivity contribution in [3.8, 4) is 17.2 Å². The van der Waals surface area contributed by atoms with Crippen molar-refractivity contribution >= 4 is 17.6 Å². The highest BCUT2D eigenvalue weighted by atomic mass is 16.5. The van der Waals surface area contributed by atoms with Crippen LogP contribution in [0.25, 0.3) is 5.69 Å². The first-order valence-electron chi connectivity index (χ1n) is 8.60. The van der Waals surface area contributed by atoms with E-state index in [4.69, 9.17) is 9.47 Å². The van der Waals surface area contributed by atoms with Crippen LogP contribution in [0, 0.1) is 6.92 Å². The van der Waals surface area contributed by atoms with Crippen LogP contribution in [0.2, 0.25) is 0 Å². The van der Waals surface area contributed by atoms with Crippen LogP contribution in [0.3, 0.4) is 0 Å². The molecule has 0 bridgehead atoms. The maximum atomic E-state index is 5.68. The molecule has 27 heavy (non-hydrogen) atoms. The van der Waals surface area contributed by atoms with Crippen molar-refractivity contribution in [3.63, 3.8) is 0 Å². The molecule has 4 rings (SSSR count). The highest BCUT2D eigenvalue weighted by Gasteiger charge is 2.23. The number of pyridine rings is 1. The molecule has 0 fully saturated rings. The number of nitrogens with one attached hydrogen (secondary N) is 1. The van der Waals surface area contributed by atoms with Crippen molar-refractivity contribution < 1.29 is 9.47 Å². The van der Waals surface area contributed by atoms with Gasteiger partial charge in [-0.1, -0.05) is 0 Å². The smallest absolute Gasteiger partial charge is 0.230 e. The van der Waals surface area contributed by atoms with Crippen LogP contribution in [0.15, 0.2) is 31.0 Å². The number of likely N-dealkylation sites (N-methyl/N-ethyl adjacent to an activating group) is 1. The number of imidazole rings is 1. The lowest BCUT2D eigenvalue weighted by Crippen LogP contribution is -2.38. The van der Waals surface area contributed by atoms with Crippen LogP contribution >= 0.6 is 0 Å². The zero-order valence-corrected chi connectivity index (χ0v) is 15.7. The number of nitrogens with zero attached hydrogens (tertiary/aromatic N) is 6. The van der Waals surface area contributed by atoms with Gasteiger partial charge in [0.05, 0.1) is 37.6 Å². The largest absolute Gasteiger partial charge is 0.494 e. The monoisotopic (exact) mass is 367 g/mol. The number of ether oxygens (including phenoxy) is 2. The summed E-state index contributed by atoms with van der Waals surface area (Å²) < 4.78 is 13.1. The Kier molecular flexibility index (Phi) is 4.27. The zero-order chi connectivity index (χ0) is 19.0. The molecule has 0 aliphatic carbocycles. The summed E-state index contributed by atoms with van der Waals surface area (Å²) in [5, 5.41) is 3.13. The van der Waals surface area contributed by atoms with Crippen LogP contribution in [-0.2, 0) is 0 Å². The number of anilines is 3. The lowest BCUT2D eigenvalue weighted by Gasteiger charge is -2.32. The number of hydrogen-bond acceptors (Lipinski definition) is 8. The van der Waals surface area contributed by atoms with Gasteiger partial charge in [-0.15, -0.1) is 0 Å². The molecular formula is C18H21N7O2. The van der Waals surface area contributed by atoms with Gasteiger partial charge >= 0.3 is 0 Å². The Morgan fingerprint density at radius 3 is 2.85 bits per heavy atom. The van der Waals surface area contributed by atoms with Gasteiger partial charge in [-0.3, -0.25) is 0 Å². The molecule has 3 aromatic rings. The van der Waals surface area contributed by atoms with Gasteiger partial charge in [0.2, 0.25) is 5.95 Å². The number of aryl methyl sites for hydroxylation is 1. The van der Waals surface area contributed by atoms with Gasteiger partial charge in [-0.25, -0.2) is 15.0 Å². The molecule has 1 atom stereocenters. The molecule has 9 nitrogen and oxygen atoms in total. The van der Waals surface area contributed by atoms with Crippen LogP contribution in [0.4, 0.5) is 17.6 Å². The van der Waals surface area contributed by atoms with Crippen molar-refractivity contribution in [2.24, 2.45) is 0 Å². The van der Waals surface area contributed by atoms with Crippen molar-refractivity contribution in [2.45, 2.75) is 19.9 Å². The van der Waals surface area contributed by atoms with Crippen LogP contribution in [0.1, 0.15) is 12.6 Å². The third-order valence-corrected chi connectivity index (χ3v) is 4.51. The summed E-state index contributed by atoms with van der Waals surface area (Å²) in [6.45, 7) is 4.63. The molecule has 0 spiro atoms. The molecule has 3 aromatic heterocycles. The third-order valence-electron chi connectivity index (χ3n) is 4.51. The Morgan fingerprint density at radius 2 is 2.11 bits per heavy atom. The van der Waals surface area contributed by atoms with E-state index in [0.717, 1.165) is 17.2 Å². The molecule has 9 heteroatoms. The second-order valence-corrected chi connectivity index (χ2v) is 6.44. The third kappa shape index (κ3) is 3.23. The standard InChI is InChI=1S/C18H21N7O2/c1-11-8-25(10-21-11)13-6-19-16(5-14(13)26-4)22-18-20-7-15-17(23-18)24(3)12(2)9-27-15/h5-8,10,12H,9H2,1-4H3,(H,19,20,22,23). The highest BCUT2D eigenvalue weighted by molar-refractivity contribution is 5.60. The SMILES string of the molecule is COc1cc(Nc2ncc3c(n2)N(C)C(C)CO3)ncc1-n1cnc(C)c1. The van der Waals surface area contributed by atoms with Gasteiger partial charge in [0, 0.05) is 19.3 Å². The van der Waals surface area contributed by atoms with Crippen LogP contribution in [0.5, 0.6) is 11.5 Å². The number of rotatable bonds is 4. The topological polar surface area (TPSA) is 90.2 Å². The Hall–Kier alpha value is -3.36. The summed E-state index contributed by atoms with van der Waals surface area (Å²) in [4.78, 5) is 19.6. The van der Waals surface area contributed by atoms with Gasteiger partial charge in [-0.05, 0) is 13.8 Å². The van der Waals surface area contributed by atoms with E-state index in [1.54, 1.807) is 31.9 Å². The first-order valence-corrected chi connectivity index (χ1v) is 8.60. The second-order valence-electron chi connectivity index (χ2n) is 6.44. The van der Waals surface area contributed by atoms with E-state index >= 15 is 0 Å². The van der Waals surface area contributed by atoms with E-state index < -0.39 is 0 Å². The summed E-state index contributed by atoms with van der Waals surface area (Å²) in [5.41, 5.74) is 1.72.